The van der Waals surface area contributed by atoms with Crippen LogP contribution in [0.4, 0.5) is 0 Å². The summed E-state index contributed by atoms with van der Waals surface area (Å²) in [6.07, 6.45) is -9.12. The summed E-state index contributed by atoms with van der Waals surface area (Å²) in [5.74, 6) is -4.50. The molecule has 0 amide bonds. The number of oxime groups is 1. The molecule has 0 aliphatic carbocycles. The average Bonchev–Trinajstić information content (AvgIpc) is 3.12. The highest BCUT2D eigenvalue weighted by Crippen LogP contribution is 2.41. The van der Waals surface area contributed by atoms with Gasteiger partial charge in [0.1, 0.15) is 30.0 Å². The molecule has 3 aliphatic heterocycles. The van der Waals surface area contributed by atoms with Gasteiger partial charge in [0.2, 0.25) is 0 Å². The Hall–Kier alpha value is -1.99. The summed E-state index contributed by atoms with van der Waals surface area (Å²) in [4.78, 5) is 33.8. The molecule has 3 saturated heterocycles. The number of hydrogen-bond acceptors (Lipinski definition) is 16. The number of rotatable bonds is 10. The van der Waals surface area contributed by atoms with Gasteiger partial charge in [0.05, 0.1) is 47.8 Å². The molecule has 0 spiro atoms. The Morgan fingerprint density at radius 1 is 0.947 bits per heavy atom. The molecule has 0 bridgehead atoms. The first-order valence-electron chi connectivity index (χ1n) is 20.6. The van der Waals surface area contributed by atoms with E-state index in [0.29, 0.717) is 12.1 Å². The average molecular weight is 819 g/mol. The van der Waals surface area contributed by atoms with E-state index in [1.807, 2.05) is 32.8 Å². The van der Waals surface area contributed by atoms with Crippen LogP contribution >= 0.6 is 0 Å². The minimum atomic E-state index is -1.93. The van der Waals surface area contributed by atoms with Crippen molar-refractivity contribution in [1.29, 1.82) is 0 Å². The number of aliphatic hydroxyl groups excluding tert-OH is 2. The van der Waals surface area contributed by atoms with Crippen LogP contribution in [-0.2, 0) is 47.6 Å². The lowest BCUT2D eigenvalue weighted by Gasteiger charge is -2.49. The Balaban J connectivity index is 2.24. The summed E-state index contributed by atoms with van der Waals surface area (Å²) in [6.45, 7) is 20.4. The van der Waals surface area contributed by atoms with E-state index in [-0.39, 0.29) is 38.0 Å². The summed E-state index contributed by atoms with van der Waals surface area (Å²) < 4.78 is 43.7. The van der Waals surface area contributed by atoms with E-state index >= 15 is 0 Å². The molecular formula is C41H74N2O14. The van der Waals surface area contributed by atoms with Crippen molar-refractivity contribution in [3.63, 3.8) is 0 Å². The fraction of sp³-hybridized carbons (Fsp3) is 0.927. The van der Waals surface area contributed by atoms with Crippen molar-refractivity contribution < 1.29 is 68.0 Å². The summed E-state index contributed by atoms with van der Waals surface area (Å²) in [6, 6.07) is -0.322. The number of ether oxygens (including phenoxy) is 7. The Bertz CT molecular complexity index is 1350. The Morgan fingerprint density at radius 2 is 1.58 bits per heavy atom. The van der Waals surface area contributed by atoms with Gasteiger partial charge in [0.25, 0.3) is 0 Å². The van der Waals surface area contributed by atoms with Crippen molar-refractivity contribution >= 4 is 17.7 Å². The molecule has 16 nitrogen and oxygen atoms in total. The molecule has 0 aromatic carbocycles. The van der Waals surface area contributed by atoms with Crippen LogP contribution in [0.3, 0.4) is 0 Å². The number of hydrogen-bond donors (Lipinski definition) is 4. The van der Waals surface area contributed by atoms with Crippen LogP contribution in [0.15, 0.2) is 5.16 Å². The lowest BCUT2D eigenvalue weighted by Crippen LogP contribution is -2.61. The van der Waals surface area contributed by atoms with E-state index in [0.717, 1.165) is 0 Å². The van der Waals surface area contributed by atoms with Crippen LogP contribution in [0.2, 0.25) is 0 Å². The van der Waals surface area contributed by atoms with Gasteiger partial charge in [-0.05, 0) is 81.8 Å². The number of methoxy groups -OCH3 is 1. The zero-order chi connectivity index (χ0) is 43.4. The van der Waals surface area contributed by atoms with Crippen molar-refractivity contribution in [3.8, 4) is 0 Å². The van der Waals surface area contributed by atoms with Crippen molar-refractivity contribution in [2.24, 2.45) is 28.8 Å². The Morgan fingerprint density at radius 3 is 2.12 bits per heavy atom. The third-order valence-corrected chi connectivity index (χ3v) is 12.4. The van der Waals surface area contributed by atoms with Gasteiger partial charge in [-0.25, -0.2) is 0 Å². The summed E-state index contributed by atoms with van der Waals surface area (Å²) >= 11 is 0. The predicted octanol–water partition coefficient (Wildman–Crippen LogP) is 3.18. The summed E-state index contributed by atoms with van der Waals surface area (Å²) in [5, 5.41) is 52.4. The second-order valence-electron chi connectivity index (χ2n) is 17.6. The van der Waals surface area contributed by atoms with Crippen molar-refractivity contribution in [2.45, 2.75) is 193 Å². The first kappa shape index (κ1) is 49.4. The van der Waals surface area contributed by atoms with Gasteiger partial charge in [-0.3, -0.25) is 9.59 Å². The number of carbonyl (C=O) groups is 2. The van der Waals surface area contributed by atoms with E-state index in [1.54, 1.807) is 55.4 Å². The highest BCUT2D eigenvalue weighted by molar-refractivity contribution is 5.88. The SMILES string of the molecule is CCO/N=C1\[C@H](C)CC(C)(O)[C@H](O[C@@H]2O[C@H](C)C[C@H](N(C)C)[C@H]2O)[C@@H](C)[C@H](O[C@H]2C[C@@](C)(OC)[C@@H](OC(C)=O)[C@H](C)O2)[C@@H](C)C(=O)O[C@@H](CC)[C@@](C)(O)[C@H](O)[C@@H]1C. The predicted molar refractivity (Wildman–Crippen MR) is 210 cm³/mol. The minimum absolute atomic E-state index is 0.00806. The third-order valence-electron chi connectivity index (χ3n) is 12.4. The summed E-state index contributed by atoms with van der Waals surface area (Å²) in [5.41, 5.74) is -4.35. The Kier molecular flexibility index (Phi) is 17.4. The topological polar surface area (TPSA) is 204 Å². The van der Waals surface area contributed by atoms with E-state index in [9.17, 15) is 30.0 Å². The molecular weight excluding hydrogens is 744 g/mol. The highest BCUT2D eigenvalue weighted by Gasteiger charge is 2.54. The first-order valence-corrected chi connectivity index (χ1v) is 20.6. The van der Waals surface area contributed by atoms with E-state index in [4.69, 9.17) is 38.0 Å². The lowest BCUT2D eigenvalue weighted by molar-refractivity contribution is -0.318. The molecule has 4 N–H and O–H groups in total. The zero-order valence-corrected chi connectivity index (χ0v) is 37.0. The van der Waals surface area contributed by atoms with Crippen molar-refractivity contribution in [1.82, 2.24) is 4.90 Å². The molecule has 0 aromatic rings. The monoisotopic (exact) mass is 819 g/mol. The van der Waals surface area contributed by atoms with E-state index in [1.165, 1.54) is 21.0 Å². The van der Waals surface area contributed by atoms with Crippen LogP contribution in [0.5, 0.6) is 0 Å². The Labute approximate surface area is 339 Å². The van der Waals surface area contributed by atoms with Gasteiger partial charge in [0, 0.05) is 44.2 Å². The smallest absolute Gasteiger partial charge is 0.311 e. The quantitative estimate of drug-likeness (QED) is 0.185. The molecule has 332 valence electrons. The van der Waals surface area contributed by atoms with Gasteiger partial charge in [-0.2, -0.15) is 0 Å². The lowest BCUT2D eigenvalue weighted by atomic mass is 9.73. The highest BCUT2D eigenvalue weighted by atomic mass is 16.7. The third kappa shape index (κ3) is 11.4. The molecule has 3 heterocycles. The molecule has 3 rings (SSSR count). The number of nitrogens with zero attached hydrogens (tertiary/aromatic N) is 2. The summed E-state index contributed by atoms with van der Waals surface area (Å²) in [7, 11) is 5.23. The van der Waals surface area contributed by atoms with Crippen LogP contribution in [-0.4, -0.2) is 155 Å². The molecule has 16 heteroatoms. The van der Waals surface area contributed by atoms with Gasteiger partial charge in [-0.15, -0.1) is 0 Å². The fourth-order valence-corrected chi connectivity index (χ4v) is 9.12. The number of esters is 2. The molecule has 0 saturated carbocycles. The minimum Gasteiger partial charge on any atom is -0.459 e. The second-order valence-corrected chi connectivity index (χ2v) is 17.6. The van der Waals surface area contributed by atoms with Gasteiger partial charge >= 0.3 is 11.9 Å². The van der Waals surface area contributed by atoms with E-state index < -0.39 is 108 Å². The van der Waals surface area contributed by atoms with Crippen LogP contribution < -0.4 is 0 Å². The first-order chi connectivity index (χ1) is 26.4. The number of cyclic esters (lactones) is 1. The largest absolute Gasteiger partial charge is 0.459 e. The van der Waals surface area contributed by atoms with E-state index in [2.05, 4.69) is 5.16 Å². The van der Waals surface area contributed by atoms with Gasteiger partial charge in [-0.1, -0.05) is 32.9 Å². The maximum atomic E-state index is 14.3. The maximum absolute atomic E-state index is 14.3. The standard InChI is InChI=1S/C41H74N2O14/c1-16-29-41(12,49)34(46)23(5)31(42-51-17-2)21(3)19-39(10,48)35(57-38-32(45)28(43(13)14)18-22(4)52-38)24(6)33(25(7)37(47)55-29)56-30-20-40(11,50-15)36(26(8)53-30)54-27(9)44/h21-26,28-30,32-36,38,45-46,48-49H,16-20H2,1-15H3/b42-31+/t21-,22-,23-,24+,25-,26+,28+,29+,30+,32-,33+,34-,35-,36+,38+,39?,40-,41-/m1/s1. The van der Waals surface area contributed by atoms with Crippen LogP contribution in [0.1, 0.15) is 109 Å². The fourth-order valence-electron chi connectivity index (χ4n) is 9.12. The maximum Gasteiger partial charge on any atom is 0.311 e. The number of likely N-dealkylation sites (N-methyl/N-ethyl adjacent to an activating group) is 1. The second kappa shape index (κ2) is 20.0. The molecule has 1 unspecified atom stereocenters. The van der Waals surface area contributed by atoms with Crippen molar-refractivity contribution in [3.05, 3.63) is 0 Å². The molecule has 0 aromatic heterocycles. The molecule has 3 fully saturated rings. The van der Waals surface area contributed by atoms with Gasteiger partial charge in [0.15, 0.2) is 18.7 Å². The molecule has 18 atom stereocenters. The molecule has 3 aliphatic rings. The van der Waals surface area contributed by atoms with Crippen molar-refractivity contribution in [2.75, 3.05) is 27.8 Å². The zero-order valence-electron chi connectivity index (χ0n) is 37.0. The number of carbonyl (C=O) groups excluding carboxylic acids is 2. The van der Waals surface area contributed by atoms with Crippen LogP contribution in [0, 0.1) is 23.7 Å². The molecule has 0 radical (unpaired) electrons. The molecule has 57 heavy (non-hydrogen) atoms. The number of aliphatic hydroxyl groups is 4. The van der Waals surface area contributed by atoms with Gasteiger partial charge < -0.3 is 63.3 Å². The van der Waals surface area contributed by atoms with Crippen LogP contribution in [0.25, 0.3) is 0 Å². The normalized spacial score (nSPS) is 46.3.